The summed E-state index contributed by atoms with van der Waals surface area (Å²) in [5.41, 5.74) is 0.718. The molecule has 2 rings (SSSR count). The zero-order chi connectivity index (χ0) is 12.7. The van der Waals surface area contributed by atoms with E-state index in [1.165, 1.54) is 19.3 Å². The Kier molecular flexibility index (Phi) is 3.26. The fourth-order valence-electron chi connectivity index (χ4n) is 4.03. The second-order valence-corrected chi connectivity index (χ2v) is 6.83. The van der Waals surface area contributed by atoms with E-state index in [0.717, 1.165) is 18.8 Å². The van der Waals surface area contributed by atoms with Crippen LogP contribution in [0, 0.1) is 16.7 Å². The molecule has 17 heavy (non-hydrogen) atoms. The van der Waals surface area contributed by atoms with Crippen LogP contribution in [0.4, 0.5) is 0 Å². The van der Waals surface area contributed by atoms with Crippen molar-refractivity contribution in [2.24, 2.45) is 16.7 Å². The second kappa shape index (κ2) is 4.29. The maximum Gasteiger partial charge on any atom is 0.220 e. The molecule has 2 fully saturated rings. The van der Waals surface area contributed by atoms with Gasteiger partial charge in [-0.2, -0.15) is 0 Å². The van der Waals surface area contributed by atoms with E-state index in [4.69, 9.17) is 0 Å². The maximum atomic E-state index is 11.9. The van der Waals surface area contributed by atoms with Crippen LogP contribution in [0.5, 0.6) is 0 Å². The lowest BCUT2D eigenvalue weighted by Gasteiger charge is -2.39. The predicted molar refractivity (Wildman–Crippen MR) is 70.7 cm³/mol. The van der Waals surface area contributed by atoms with Crippen molar-refractivity contribution in [3.05, 3.63) is 0 Å². The first-order chi connectivity index (χ1) is 7.91. The number of carbonyl (C=O) groups excluding carboxylic acids is 1. The number of hydrogen-bond donors (Lipinski definition) is 1. The molecule has 2 nitrogen and oxygen atoms in total. The average Bonchev–Trinajstić information content (AvgIpc) is 2.59. The topological polar surface area (TPSA) is 29.1 Å². The molecule has 0 aromatic rings. The summed E-state index contributed by atoms with van der Waals surface area (Å²) >= 11 is 0. The van der Waals surface area contributed by atoms with Crippen molar-refractivity contribution >= 4 is 5.91 Å². The van der Waals surface area contributed by atoms with Gasteiger partial charge in [-0.1, -0.05) is 34.1 Å². The first-order valence-corrected chi connectivity index (χ1v) is 7.21. The van der Waals surface area contributed by atoms with Crippen molar-refractivity contribution in [3.63, 3.8) is 0 Å². The van der Waals surface area contributed by atoms with Crippen molar-refractivity contribution in [3.8, 4) is 0 Å². The largest absolute Gasteiger partial charge is 0.353 e. The molecular formula is C15H27NO. The summed E-state index contributed by atoms with van der Waals surface area (Å²) in [4.78, 5) is 11.9. The standard InChI is InChI=1S/C15H27NO/c1-5-6-7-13(17)16-12-10-11-8-9-15(12,4)14(11,2)3/h11-12H,5-10H2,1-4H3,(H,16,17). The van der Waals surface area contributed by atoms with Gasteiger partial charge in [0, 0.05) is 12.5 Å². The van der Waals surface area contributed by atoms with E-state index < -0.39 is 0 Å². The average molecular weight is 237 g/mol. The third kappa shape index (κ3) is 1.90. The van der Waals surface area contributed by atoms with E-state index in [1.54, 1.807) is 0 Å². The normalized spacial score (nSPS) is 38.4. The van der Waals surface area contributed by atoms with E-state index in [9.17, 15) is 4.79 Å². The highest BCUT2D eigenvalue weighted by atomic mass is 16.1. The van der Waals surface area contributed by atoms with Gasteiger partial charge in [-0.05, 0) is 42.4 Å². The highest BCUT2D eigenvalue weighted by Crippen LogP contribution is 2.65. The molecular weight excluding hydrogens is 210 g/mol. The van der Waals surface area contributed by atoms with Crippen molar-refractivity contribution in [2.45, 2.75) is 72.3 Å². The molecule has 0 aromatic heterocycles. The van der Waals surface area contributed by atoms with Gasteiger partial charge in [0.05, 0.1) is 0 Å². The first-order valence-electron chi connectivity index (χ1n) is 7.21. The number of fused-ring (bicyclic) bond motifs is 2. The molecule has 3 atom stereocenters. The lowest BCUT2D eigenvalue weighted by Crippen LogP contribution is -2.46. The van der Waals surface area contributed by atoms with Gasteiger partial charge in [0.15, 0.2) is 0 Å². The van der Waals surface area contributed by atoms with E-state index in [-0.39, 0.29) is 5.91 Å². The van der Waals surface area contributed by atoms with Gasteiger partial charge in [-0.25, -0.2) is 0 Å². The zero-order valence-electron chi connectivity index (χ0n) is 11.8. The predicted octanol–water partition coefficient (Wildman–Crippen LogP) is 3.51. The van der Waals surface area contributed by atoms with Gasteiger partial charge in [-0.15, -0.1) is 0 Å². The van der Waals surface area contributed by atoms with Crippen molar-refractivity contribution in [1.82, 2.24) is 5.32 Å². The summed E-state index contributed by atoms with van der Waals surface area (Å²) in [6.45, 7) is 9.30. The van der Waals surface area contributed by atoms with E-state index in [0.29, 0.717) is 23.3 Å². The van der Waals surface area contributed by atoms with Gasteiger partial charge < -0.3 is 5.32 Å². The molecule has 0 heterocycles. The molecule has 0 radical (unpaired) electrons. The Labute approximate surface area is 106 Å². The molecule has 2 saturated carbocycles. The van der Waals surface area contributed by atoms with Crippen LogP contribution in [0.3, 0.4) is 0 Å². The van der Waals surface area contributed by atoms with Crippen LogP contribution in [-0.4, -0.2) is 11.9 Å². The van der Waals surface area contributed by atoms with Crippen molar-refractivity contribution in [2.75, 3.05) is 0 Å². The summed E-state index contributed by atoms with van der Waals surface area (Å²) in [5.74, 6) is 1.07. The van der Waals surface area contributed by atoms with Gasteiger partial charge >= 0.3 is 0 Å². The van der Waals surface area contributed by atoms with E-state index in [2.05, 4.69) is 33.0 Å². The molecule has 1 amide bonds. The highest BCUT2D eigenvalue weighted by Gasteiger charge is 2.61. The number of hydrogen-bond acceptors (Lipinski definition) is 1. The quantitative estimate of drug-likeness (QED) is 0.796. The summed E-state index contributed by atoms with van der Waals surface area (Å²) in [5, 5.41) is 3.30. The van der Waals surface area contributed by atoms with E-state index in [1.807, 2.05) is 0 Å². The van der Waals surface area contributed by atoms with Gasteiger partial charge in [0.2, 0.25) is 5.91 Å². The van der Waals surface area contributed by atoms with Crippen LogP contribution in [-0.2, 0) is 4.79 Å². The first kappa shape index (κ1) is 12.9. The highest BCUT2D eigenvalue weighted by molar-refractivity contribution is 5.76. The minimum absolute atomic E-state index is 0.265. The second-order valence-electron chi connectivity index (χ2n) is 6.83. The summed E-state index contributed by atoms with van der Waals surface area (Å²) in [6, 6.07) is 0.417. The van der Waals surface area contributed by atoms with Crippen LogP contribution in [0.1, 0.15) is 66.2 Å². The smallest absolute Gasteiger partial charge is 0.220 e. The Morgan fingerprint density at radius 1 is 1.35 bits per heavy atom. The van der Waals surface area contributed by atoms with Gasteiger partial charge in [-0.3, -0.25) is 4.79 Å². The van der Waals surface area contributed by atoms with Crippen molar-refractivity contribution in [1.29, 1.82) is 0 Å². The lowest BCUT2D eigenvalue weighted by molar-refractivity contribution is -0.123. The molecule has 0 spiro atoms. The van der Waals surface area contributed by atoms with Crippen LogP contribution in [0.15, 0.2) is 0 Å². The molecule has 2 bridgehead atoms. The number of unbranched alkanes of at least 4 members (excludes halogenated alkanes) is 1. The molecule has 98 valence electrons. The summed E-state index contributed by atoms with van der Waals surface area (Å²) in [7, 11) is 0. The fraction of sp³-hybridized carbons (Fsp3) is 0.933. The molecule has 1 N–H and O–H groups in total. The Morgan fingerprint density at radius 2 is 2.06 bits per heavy atom. The number of nitrogens with one attached hydrogen (secondary N) is 1. The Hall–Kier alpha value is -0.530. The van der Waals surface area contributed by atoms with Crippen LogP contribution in [0.2, 0.25) is 0 Å². The SMILES string of the molecule is CCCCC(=O)NC1CC2CCC1(C)C2(C)C. The van der Waals surface area contributed by atoms with E-state index >= 15 is 0 Å². The fourth-order valence-corrected chi connectivity index (χ4v) is 4.03. The molecule has 0 aromatic carbocycles. The number of carbonyl (C=O) groups is 1. The van der Waals surface area contributed by atoms with Gasteiger partial charge in [0.25, 0.3) is 0 Å². The molecule has 0 saturated heterocycles. The lowest BCUT2D eigenvalue weighted by atomic mass is 9.69. The minimum atomic E-state index is 0.265. The summed E-state index contributed by atoms with van der Waals surface area (Å²) in [6.07, 6.45) is 6.65. The Morgan fingerprint density at radius 3 is 2.53 bits per heavy atom. The minimum Gasteiger partial charge on any atom is -0.353 e. The monoisotopic (exact) mass is 237 g/mol. The number of amides is 1. The van der Waals surface area contributed by atoms with Crippen LogP contribution < -0.4 is 5.32 Å². The van der Waals surface area contributed by atoms with Crippen LogP contribution in [0.25, 0.3) is 0 Å². The molecule has 2 aliphatic carbocycles. The number of rotatable bonds is 4. The molecule has 2 heteroatoms. The van der Waals surface area contributed by atoms with Crippen molar-refractivity contribution < 1.29 is 4.79 Å². The third-order valence-corrected chi connectivity index (χ3v) is 5.89. The Bertz CT molecular complexity index is 310. The Balaban J connectivity index is 1.98. The molecule has 3 unspecified atom stereocenters. The summed E-state index contributed by atoms with van der Waals surface area (Å²) < 4.78 is 0. The molecule has 0 aliphatic heterocycles. The zero-order valence-corrected chi connectivity index (χ0v) is 11.8. The molecule has 2 aliphatic rings. The van der Waals surface area contributed by atoms with Crippen LogP contribution >= 0.6 is 0 Å². The third-order valence-electron chi connectivity index (χ3n) is 5.89. The maximum absolute atomic E-state index is 11.9. The van der Waals surface area contributed by atoms with Gasteiger partial charge in [0.1, 0.15) is 0 Å².